The molecule has 0 aliphatic heterocycles. The molecule has 6 nitrogen and oxygen atoms in total. The minimum absolute atomic E-state index is 0.0800. The molecular weight excluding hydrogens is 250 g/mol. The lowest BCUT2D eigenvalue weighted by atomic mass is 10.00. The van der Waals surface area contributed by atoms with Crippen molar-refractivity contribution in [1.29, 1.82) is 0 Å². The van der Waals surface area contributed by atoms with Crippen LogP contribution in [-0.4, -0.2) is 45.5 Å². The minimum atomic E-state index is -1.10. The molecule has 2 N–H and O–H groups in total. The lowest BCUT2D eigenvalue weighted by Gasteiger charge is -2.32. The first-order valence-corrected chi connectivity index (χ1v) is 6.47. The highest BCUT2D eigenvalue weighted by molar-refractivity contribution is 5.84. The Bertz CT molecular complexity index is 340. The number of amides is 1. The fraction of sp³-hybridized carbons (Fsp3) is 0.769. The van der Waals surface area contributed by atoms with Gasteiger partial charge in [0.2, 0.25) is 5.91 Å². The first-order valence-electron chi connectivity index (χ1n) is 6.47. The largest absolute Gasteiger partial charge is 0.481 e. The average Bonchev–Trinajstić information content (AvgIpc) is 2.26. The van der Waals surface area contributed by atoms with Crippen molar-refractivity contribution >= 4 is 17.8 Å². The van der Waals surface area contributed by atoms with Crippen molar-refractivity contribution < 1.29 is 24.6 Å². The summed E-state index contributed by atoms with van der Waals surface area (Å²) in [4.78, 5) is 35.4. The van der Waals surface area contributed by atoms with Crippen molar-refractivity contribution in [3.8, 4) is 0 Å². The van der Waals surface area contributed by atoms with Crippen molar-refractivity contribution in [2.45, 2.75) is 46.6 Å². The molecule has 0 radical (unpaired) electrons. The lowest BCUT2D eigenvalue weighted by Crippen LogP contribution is -2.50. The number of carboxylic acid groups (broad SMARTS) is 2. The molecule has 0 bridgehead atoms. The summed E-state index contributed by atoms with van der Waals surface area (Å²) in [6.45, 7) is 6.62. The van der Waals surface area contributed by atoms with E-state index in [4.69, 9.17) is 5.11 Å². The first-order chi connectivity index (χ1) is 8.72. The quantitative estimate of drug-likeness (QED) is 0.698. The van der Waals surface area contributed by atoms with Crippen molar-refractivity contribution in [3.63, 3.8) is 0 Å². The second-order valence-corrected chi connectivity index (χ2v) is 5.06. The highest BCUT2D eigenvalue weighted by atomic mass is 16.4. The number of carbonyl (C=O) groups is 3. The molecule has 2 atom stereocenters. The molecule has 0 aliphatic carbocycles. The maximum absolute atomic E-state index is 12.0. The molecule has 110 valence electrons. The van der Waals surface area contributed by atoms with Crippen LogP contribution < -0.4 is 0 Å². The van der Waals surface area contributed by atoms with E-state index in [9.17, 15) is 19.5 Å². The minimum Gasteiger partial charge on any atom is -0.481 e. The second kappa shape index (κ2) is 7.76. The molecule has 1 amide bonds. The molecule has 0 rings (SSSR count). The zero-order chi connectivity index (χ0) is 15.2. The van der Waals surface area contributed by atoms with Crippen LogP contribution in [0.3, 0.4) is 0 Å². The third kappa shape index (κ3) is 5.28. The summed E-state index contributed by atoms with van der Waals surface area (Å²) in [5, 5.41) is 18.2. The van der Waals surface area contributed by atoms with Crippen LogP contribution in [0.25, 0.3) is 0 Å². The van der Waals surface area contributed by atoms with Crippen LogP contribution in [0.4, 0.5) is 0 Å². The van der Waals surface area contributed by atoms with E-state index in [1.165, 1.54) is 11.8 Å². The first kappa shape index (κ1) is 17.4. The monoisotopic (exact) mass is 273 g/mol. The zero-order valence-corrected chi connectivity index (χ0v) is 11.9. The topological polar surface area (TPSA) is 94.9 Å². The van der Waals surface area contributed by atoms with Gasteiger partial charge in [0.05, 0.1) is 5.92 Å². The number of aliphatic carboxylic acids is 2. The van der Waals surface area contributed by atoms with Gasteiger partial charge in [-0.3, -0.25) is 9.59 Å². The Morgan fingerprint density at radius 3 is 1.89 bits per heavy atom. The summed E-state index contributed by atoms with van der Waals surface area (Å²) >= 11 is 0. The highest BCUT2D eigenvalue weighted by Crippen LogP contribution is 2.16. The summed E-state index contributed by atoms with van der Waals surface area (Å²) in [6.07, 6.45) is 0.823. The maximum Gasteiger partial charge on any atom is 0.326 e. The molecule has 0 saturated heterocycles. The third-order valence-electron chi connectivity index (χ3n) is 2.90. The van der Waals surface area contributed by atoms with Crippen LogP contribution in [0.15, 0.2) is 0 Å². The molecule has 0 aromatic rings. The average molecular weight is 273 g/mol. The van der Waals surface area contributed by atoms with Gasteiger partial charge >= 0.3 is 11.9 Å². The molecule has 6 heteroatoms. The lowest BCUT2D eigenvalue weighted by molar-refractivity contribution is -0.155. The van der Waals surface area contributed by atoms with Gasteiger partial charge in [-0.25, -0.2) is 4.79 Å². The molecule has 0 aromatic heterocycles. The van der Waals surface area contributed by atoms with Gasteiger partial charge < -0.3 is 15.1 Å². The Balaban J connectivity index is 5.18. The van der Waals surface area contributed by atoms with Crippen molar-refractivity contribution in [2.24, 2.45) is 11.8 Å². The van der Waals surface area contributed by atoms with E-state index >= 15 is 0 Å². The van der Waals surface area contributed by atoms with Gasteiger partial charge in [-0.15, -0.1) is 0 Å². The van der Waals surface area contributed by atoms with Gasteiger partial charge in [-0.1, -0.05) is 27.7 Å². The number of carboxylic acids is 2. The second-order valence-electron chi connectivity index (χ2n) is 5.06. The van der Waals surface area contributed by atoms with E-state index in [2.05, 4.69) is 0 Å². The zero-order valence-electron chi connectivity index (χ0n) is 11.9. The number of hydrogen-bond donors (Lipinski definition) is 2. The Morgan fingerprint density at radius 2 is 1.58 bits per heavy atom. The molecule has 0 spiro atoms. The smallest absolute Gasteiger partial charge is 0.326 e. The van der Waals surface area contributed by atoms with E-state index in [1.54, 1.807) is 13.8 Å². The molecule has 0 saturated carbocycles. The number of nitrogens with zero attached hydrogens (tertiary/aromatic N) is 1. The summed E-state index contributed by atoms with van der Waals surface area (Å²) in [6, 6.07) is -0.985. The number of rotatable bonds is 8. The van der Waals surface area contributed by atoms with E-state index < -0.39 is 23.9 Å². The Hall–Kier alpha value is -1.59. The normalized spacial score (nSPS) is 13.9. The Kier molecular flexibility index (Phi) is 7.11. The van der Waals surface area contributed by atoms with Gasteiger partial charge in [0.15, 0.2) is 0 Å². The predicted molar refractivity (Wildman–Crippen MR) is 69.7 cm³/mol. The number of carbonyl (C=O) groups excluding carboxylic acids is 1. The van der Waals surface area contributed by atoms with Crippen LogP contribution in [0.1, 0.15) is 40.5 Å². The standard InChI is InChI=1S/C13H23NO5/c1-5-6-10(15)14(7-9(4)12(16)17)11(8(2)3)13(18)19/h8-9,11H,5-7H2,1-4H3,(H,16,17)(H,18,19). The molecule has 0 heterocycles. The predicted octanol–water partition coefficient (Wildman–Crippen LogP) is 1.45. The van der Waals surface area contributed by atoms with E-state index in [1.807, 2.05) is 6.92 Å². The summed E-state index contributed by atoms with van der Waals surface area (Å²) in [5.41, 5.74) is 0. The van der Waals surface area contributed by atoms with Gasteiger partial charge in [0.1, 0.15) is 6.04 Å². The van der Waals surface area contributed by atoms with Gasteiger partial charge in [0.25, 0.3) is 0 Å². The van der Waals surface area contributed by atoms with Crippen LogP contribution >= 0.6 is 0 Å². The highest BCUT2D eigenvalue weighted by Gasteiger charge is 2.33. The van der Waals surface area contributed by atoms with E-state index in [0.717, 1.165) is 0 Å². The summed E-state index contributed by atoms with van der Waals surface area (Å²) in [5.74, 6) is -3.52. The molecule has 0 aliphatic rings. The van der Waals surface area contributed by atoms with Crippen LogP contribution in [0.5, 0.6) is 0 Å². The maximum atomic E-state index is 12.0. The SMILES string of the molecule is CCCC(=O)N(CC(C)C(=O)O)C(C(=O)O)C(C)C. The van der Waals surface area contributed by atoms with Crippen LogP contribution in [0.2, 0.25) is 0 Å². The van der Waals surface area contributed by atoms with E-state index in [-0.39, 0.29) is 24.8 Å². The molecule has 2 unspecified atom stereocenters. The Labute approximate surface area is 113 Å². The van der Waals surface area contributed by atoms with Crippen LogP contribution in [-0.2, 0) is 14.4 Å². The van der Waals surface area contributed by atoms with Crippen LogP contribution in [0, 0.1) is 11.8 Å². The van der Waals surface area contributed by atoms with E-state index in [0.29, 0.717) is 6.42 Å². The van der Waals surface area contributed by atoms with Gasteiger partial charge in [-0.05, 0) is 12.3 Å². The fourth-order valence-electron chi connectivity index (χ4n) is 1.88. The Morgan fingerprint density at radius 1 is 1.05 bits per heavy atom. The summed E-state index contributed by atoms with van der Waals surface area (Å²) in [7, 11) is 0. The van der Waals surface area contributed by atoms with Crippen molar-refractivity contribution in [1.82, 2.24) is 4.90 Å². The third-order valence-corrected chi connectivity index (χ3v) is 2.90. The van der Waals surface area contributed by atoms with Gasteiger partial charge in [0, 0.05) is 13.0 Å². The summed E-state index contributed by atoms with van der Waals surface area (Å²) < 4.78 is 0. The van der Waals surface area contributed by atoms with Gasteiger partial charge in [-0.2, -0.15) is 0 Å². The molecule has 19 heavy (non-hydrogen) atoms. The molecule has 0 aromatic carbocycles. The van der Waals surface area contributed by atoms with Crippen molar-refractivity contribution in [2.75, 3.05) is 6.54 Å². The number of hydrogen-bond acceptors (Lipinski definition) is 3. The van der Waals surface area contributed by atoms with Crippen molar-refractivity contribution in [3.05, 3.63) is 0 Å². The molecule has 0 fully saturated rings. The molecular formula is C13H23NO5. The fourth-order valence-corrected chi connectivity index (χ4v) is 1.88.